The number of thiophene rings is 1. The van der Waals surface area contributed by atoms with Crippen LogP contribution in [-0.4, -0.2) is 32.5 Å². The van der Waals surface area contributed by atoms with Crippen molar-refractivity contribution in [1.82, 2.24) is 14.8 Å². The Morgan fingerprint density at radius 1 is 1.24 bits per heavy atom. The number of aromatic nitrogens is 1. The number of amides is 1. The predicted molar refractivity (Wildman–Crippen MR) is 118 cm³/mol. The van der Waals surface area contributed by atoms with Crippen molar-refractivity contribution in [3.8, 4) is 0 Å². The standard InChI is InChI=1S/C23H31N3O2S/c1-15-7-8-17(28-15)14-26(16-12-22(2,3)24-23(4,5)13-16)21(27)19-11-20-18(25(19)6)9-10-29-20/h7-11,16,24H,12-14H2,1-6H3. The van der Waals surface area contributed by atoms with Crippen LogP contribution in [0.1, 0.15) is 62.5 Å². The van der Waals surface area contributed by atoms with Crippen LogP contribution in [0.5, 0.6) is 0 Å². The van der Waals surface area contributed by atoms with Crippen molar-refractivity contribution in [2.45, 2.75) is 71.1 Å². The maximum absolute atomic E-state index is 13.8. The molecule has 0 atom stereocenters. The molecule has 4 heterocycles. The van der Waals surface area contributed by atoms with Gasteiger partial charge in [-0.05, 0) is 77.1 Å². The number of carbonyl (C=O) groups excluding carboxylic acids is 1. The van der Waals surface area contributed by atoms with Crippen LogP contribution in [0.2, 0.25) is 0 Å². The van der Waals surface area contributed by atoms with Gasteiger partial charge in [0.1, 0.15) is 17.2 Å². The third kappa shape index (κ3) is 4.01. The lowest BCUT2D eigenvalue weighted by atomic mass is 9.79. The molecule has 1 aliphatic rings. The molecule has 1 aliphatic heterocycles. The van der Waals surface area contributed by atoms with E-state index in [1.165, 1.54) is 0 Å². The largest absolute Gasteiger partial charge is 0.464 e. The lowest BCUT2D eigenvalue weighted by Crippen LogP contribution is -2.62. The van der Waals surface area contributed by atoms with Gasteiger partial charge in [-0.3, -0.25) is 4.79 Å². The fourth-order valence-corrected chi connectivity index (χ4v) is 5.84. The first kappa shape index (κ1) is 20.2. The van der Waals surface area contributed by atoms with Crippen LogP contribution in [-0.2, 0) is 13.6 Å². The Morgan fingerprint density at radius 2 is 1.93 bits per heavy atom. The summed E-state index contributed by atoms with van der Waals surface area (Å²) >= 11 is 1.67. The summed E-state index contributed by atoms with van der Waals surface area (Å²) in [7, 11) is 1.98. The van der Waals surface area contributed by atoms with Gasteiger partial charge in [-0.1, -0.05) is 0 Å². The molecule has 0 saturated carbocycles. The Morgan fingerprint density at radius 3 is 2.52 bits per heavy atom. The minimum atomic E-state index is -0.0431. The normalized spacial score (nSPS) is 19.0. The van der Waals surface area contributed by atoms with Crippen molar-refractivity contribution in [3.05, 3.63) is 46.9 Å². The molecule has 5 nitrogen and oxygen atoms in total. The molecule has 1 fully saturated rings. The highest BCUT2D eigenvalue weighted by Gasteiger charge is 2.42. The van der Waals surface area contributed by atoms with Crippen LogP contribution in [0.25, 0.3) is 10.2 Å². The molecule has 3 aromatic rings. The third-order valence-electron chi connectivity index (χ3n) is 5.88. The van der Waals surface area contributed by atoms with Gasteiger partial charge in [0, 0.05) is 24.2 Å². The van der Waals surface area contributed by atoms with Crippen LogP contribution in [0.4, 0.5) is 0 Å². The average molecular weight is 414 g/mol. The number of hydrogen-bond donors (Lipinski definition) is 1. The summed E-state index contributed by atoms with van der Waals surface area (Å²) in [6.45, 7) is 11.3. The molecular weight excluding hydrogens is 382 g/mol. The highest BCUT2D eigenvalue weighted by atomic mass is 32.1. The smallest absolute Gasteiger partial charge is 0.271 e. The van der Waals surface area contributed by atoms with E-state index in [0.717, 1.165) is 40.3 Å². The van der Waals surface area contributed by atoms with Crippen LogP contribution in [0.3, 0.4) is 0 Å². The second-order valence-electron chi connectivity index (χ2n) is 9.66. The number of hydrogen-bond acceptors (Lipinski definition) is 4. The Balaban J connectivity index is 1.72. The van der Waals surface area contributed by atoms with E-state index in [1.54, 1.807) is 11.3 Å². The Hall–Kier alpha value is -2.05. The maximum atomic E-state index is 13.8. The van der Waals surface area contributed by atoms with E-state index in [0.29, 0.717) is 6.54 Å². The van der Waals surface area contributed by atoms with E-state index >= 15 is 0 Å². The number of fused-ring (bicyclic) bond motifs is 1. The number of rotatable bonds is 4. The Bertz CT molecular complexity index is 1020. The van der Waals surface area contributed by atoms with Gasteiger partial charge < -0.3 is 19.2 Å². The average Bonchev–Trinajstić information content (AvgIpc) is 3.28. The molecule has 29 heavy (non-hydrogen) atoms. The first-order valence-corrected chi connectivity index (χ1v) is 11.1. The Labute approximate surface area is 176 Å². The van der Waals surface area contributed by atoms with E-state index in [1.807, 2.05) is 41.6 Å². The summed E-state index contributed by atoms with van der Waals surface area (Å²) in [5.41, 5.74) is 1.76. The molecule has 0 aromatic carbocycles. The summed E-state index contributed by atoms with van der Waals surface area (Å²) in [6.07, 6.45) is 1.81. The zero-order valence-corrected chi connectivity index (χ0v) is 19.0. The second kappa shape index (κ2) is 7.03. The van der Waals surface area contributed by atoms with E-state index in [2.05, 4.69) is 44.5 Å². The summed E-state index contributed by atoms with van der Waals surface area (Å²) in [4.78, 5) is 15.8. The van der Waals surface area contributed by atoms with E-state index in [4.69, 9.17) is 4.42 Å². The molecular formula is C23H31N3O2S. The number of furan rings is 1. The number of carbonyl (C=O) groups is 1. The summed E-state index contributed by atoms with van der Waals surface area (Å²) in [5, 5.41) is 5.80. The van der Waals surface area contributed by atoms with Gasteiger partial charge in [-0.25, -0.2) is 0 Å². The van der Waals surface area contributed by atoms with Gasteiger partial charge in [0.2, 0.25) is 0 Å². The molecule has 0 spiro atoms. The van der Waals surface area contributed by atoms with Crippen LogP contribution in [0.15, 0.2) is 34.1 Å². The fraction of sp³-hybridized carbons (Fsp3) is 0.522. The molecule has 0 unspecified atom stereocenters. The minimum Gasteiger partial charge on any atom is -0.464 e. The van der Waals surface area contributed by atoms with Crippen molar-refractivity contribution in [2.24, 2.45) is 7.05 Å². The van der Waals surface area contributed by atoms with E-state index in [-0.39, 0.29) is 23.0 Å². The SMILES string of the molecule is Cc1ccc(CN(C(=O)c2cc3sccc3n2C)C2CC(C)(C)NC(C)(C)C2)o1. The van der Waals surface area contributed by atoms with Gasteiger partial charge in [-0.2, -0.15) is 0 Å². The van der Waals surface area contributed by atoms with Crippen LogP contribution < -0.4 is 5.32 Å². The molecule has 0 bridgehead atoms. The summed E-state index contributed by atoms with van der Waals surface area (Å²) in [6, 6.07) is 8.18. The first-order chi connectivity index (χ1) is 13.5. The number of nitrogens with zero attached hydrogens (tertiary/aromatic N) is 2. The van der Waals surface area contributed by atoms with Gasteiger partial charge in [0.25, 0.3) is 5.91 Å². The van der Waals surface area contributed by atoms with Crippen molar-refractivity contribution in [1.29, 1.82) is 0 Å². The molecule has 1 amide bonds. The van der Waals surface area contributed by atoms with Crippen molar-refractivity contribution in [3.63, 3.8) is 0 Å². The predicted octanol–water partition coefficient (Wildman–Crippen LogP) is 5.09. The van der Waals surface area contributed by atoms with Gasteiger partial charge in [-0.15, -0.1) is 11.3 Å². The quantitative estimate of drug-likeness (QED) is 0.648. The first-order valence-electron chi connectivity index (χ1n) is 10.2. The molecule has 1 saturated heterocycles. The topological polar surface area (TPSA) is 50.4 Å². The summed E-state index contributed by atoms with van der Waals surface area (Å²) in [5.74, 6) is 1.78. The van der Waals surface area contributed by atoms with Gasteiger partial charge in [0.15, 0.2) is 0 Å². The number of nitrogens with one attached hydrogen (secondary N) is 1. The monoisotopic (exact) mass is 413 g/mol. The minimum absolute atomic E-state index is 0.0431. The maximum Gasteiger partial charge on any atom is 0.271 e. The number of aryl methyl sites for hydroxylation is 2. The zero-order valence-electron chi connectivity index (χ0n) is 18.2. The highest BCUT2D eigenvalue weighted by molar-refractivity contribution is 7.17. The van der Waals surface area contributed by atoms with Crippen LogP contribution in [0, 0.1) is 6.92 Å². The number of piperidine rings is 1. The van der Waals surface area contributed by atoms with E-state index in [9.17, 15) is 4.79 Å². The molecule has 1 N–H and O–H groups in total. The molecule has 6 heteroatoms. The van der Waals surface area contributed by atoms with Crippen molar-refractivity contribution >= 4 is 27.5 Å². The molecule has 156 valence electrons. The molecule has 0 aliphatic carbocycles. The lowest BCUT2D eigenvalue weighted by molar-refractivity contribution is 0.0389. The van der Waals surface area contributed by atoms with Crippen LogP contribution >= 0.6 is 11.3 Å². The Kier molecular flexibility index (Phi) is 4.90. The lowest BCUT2D eigenvalue weighted by Gasteiger charge is -2.49. The highest BCUT2D eigenvalue weighted by Crippen LogP contribution is 2.34. The zero-order chi connectivity index (χ0) is 21.0. The molecule has 4 rings (SSSR count). The van der Waals surface area contributed by atoms with Crippen molar-refractivity contribution < 1.29 is 9.21 Å². The molecule has 3 aromatic heterocycles. The fourth-order valence-electron chi connectivity index (χ4n) is 5.00. The third-order valence-corrected chi connectivity index (χ3v) is 6.73. The van der Waals surface area contributed by atoms with Crippen molar-refractivity contribution in [2.75, 3.05) is 0 Å². The molecule has 0 radical (unpaired) electrons. The second-order valence-corrected chi connectivity index (χ2v) is 10.6. The summed E-state index contributed by atoms with van der Waals surface area (Å²) < 4.78 is 9.02. The van der Waals surface area contributed by atoms with E-state index < -0.39 is 0 Å². The van der Waals surface area contributed by atoms with Gasteiger partial charge >= 0.3 is 0 Å². The van der Waals surface area contributed by atoms with Gasteiger partial charge in [0.05, 0.1) is 16.8 Å².